The average molecular weight is 308 g/mol. The zero-order valence-electron chi connectivity index (χ0n) is 11.9. The lowest BCUT2D eigenvalue weighted by Crippen LogP contribution is -2.04. The number of carbonyl (C=O) groups is 1. The number of rotatable bonds is 3. The van der Waals surface area contributed by atoms with Crippen LogP contribution in [-0.4, -0.2) is 23.0 Å². The van der Waals surface area contributed by atoms with Crippen molar-refractivity contribution in [2.45, 2.75) is 27.2 Å². The molecule has 0 spiro atoms. The number of thiophene rings is 1. The second-order valence-corrected chi connectivity index (χ2v) is 5.72. The number of hydrogen-bond acceptors (Lipinski definition) is 5. The summed E-state index contributed by atoms with van der Waals surface area (Å²) in [6.45, 7) is 5.90. The van der Waals surface area contributed by atoms with Gasteiger partial charge in [-0.25, -0.2) is 9.78 Å². The SMILES string of the molecule is CCc1nc(=S)c(C)c(-c2c(C)csc2C(=O)OC)[nH]1. The molecule has 0 aliphatic carbocycles. The highest BCUT2D eigenvalue weighted by atomic mass is 32.1. The summed E-state index contributed by atoms with van der Waals surface area (Å²) >= 11 is 6.69. The van der Waals surface area contributed by atoms with Gasteiger partial charge in [0.2, 0.25) is 0 Å². The second kappa shape index (κ2) is 5.85. The number of nitrogens with zero attached hydrogens (tertiary/aromatic N) is 1. The zero-order valence-corrected chi connectivity index (χ0v) is 13.5. The number of carbonyl (C=O) groups excluding carboxylic acids is 1. The van der Waals surface area contributed by atoms with Crippen LogP contribution in [0.15, 0.2) is 5.38 Å². The van der Waals surface area contributed by atoms with E-state index in [4.69, 9.17) is 17.0 Å². The molecule has 0 fully saturated rings. The molecule has 0 atom stereocenters. The quantitative estimate of drug-likeness (QED) is 0.691. The van der Waals surface area contributed by atoms with Crippen LogP contribution < -0.4 is 0 Å². The Morgan fingerprint density at radius 1 is 1.50 bits per heavy atom. The zero-order chi connectivity index (χ0) is 14.9. The van der Waals surface area contributed by atoms with Crippen molar-refractivity contribution in [3.8, 4) is 11.3 Å². The maximum Gasteiger partial charge on any atom is 0.348 e. The van der Waals surface area contributed by atoms with Crippen LogP contribution in [0, 0.1) is 18.5 Å². The summed E-state index contributed by atoms with van der Waals surface area (Å²) in [5.74, 6) is 0.490. The Balaban J connectivity index is 2.74. The summed E-state index contributed by atoms with van der Waals surface area (Å²) in [7, 11) is 1.39. The number of H-pyrrole nitrogens is 1. The molecule has 0 saturated carbocycles. The van der Waals surface area contributed by atoms with E-state index in [1.807, 2.05) is 26.2 Å². The number of aryl methyl sites for hydroxylation is 2. The minimum absolute atomic E-state index is 0.327. The Hall–Kier alpha value is -1.53. The van der Waals surface area contributed by atoms with Crippen molar-refractivity contribution in [3.63, 3.8) is 0 Å². The molecule has 106 valence electrons. The Kier molecular flexibility index (Phi) is 4.35. The lowest BCUT2D eigenvalue weighted by molar-refractivity contribution is 0.0607. The summed E-state index contributed by atoms with van der Waals surface area (Å²) in [5, 5.41) is 1.95. The van der Waals surface area contributed by atoms with Gasteiger partial charge in [-0.05, 0) is 24.8 Å². The molecule has 0 bridgehead atoms. The fraction of sp³-hybridized carbons (Fsp3) is 0.357. The van der Waals surface area contributed by atoms with E-state index in [0.717, 1.165) is 34.6 Å². The van der Waals surface area contributed by atoms with Crippen molar-refractivity contribution in [3.05, 3.63) is 31.8 Å². The van der Waals surface area contributed by atoms with Gasteiger partial charge in [-0.15, -0.1) is 11.3 Å². The third kappa shape index (κ3) is 2.53. The standard InChI is InChI=1S/C14H16N2O2S2/c1-5-9-15-11(8(3)13(19)16-9)10-7(2)6-20-12(10)14(17)18-4/h6H,5H2,1-4H3,(H,15,16,19). The van der Waals surface area contributed by atoms with Gasteiger partial charge in [0.25, 0.3) is 0 Å². The number of ether oxygens (including phenoxy) is 1. The highest BCUT2D eigenvalue weighted by Gasteiger charge is 2.20. The molecule has 0 radical (unpaired) electrons. The van der Waals surface area contributed by atoms with Gasteiger partial charge < -0.3 is 9.72 Å². The molecular formula is C14H16N2O2S2. The van der Waals surface area contributed by atoms with Crippen LogP contribution in [0.3, 0.4) is 0 Å². The van der Waals surface area contributed by atoms with Crippen LogP contribution in [-0.2, 0) is 11.2 Å². The van der Waals surface area contributed by atoms with E-state index in [0.29, 0.717) is 9.52 Å². The first-order valence-electron chi connectivity index (χ1n) is 6.26. The summed E-state index contributed by atoms with van der Waals surface area (Å²) in [6, 6.07) is 0. The van der Waals surface area contributed by atoms with Crippen LogP contribution >= 0.6 is 23.6 Å². The molecule has 0 aliphatic heterocycles. The number of esters is 1. The smallest absolute Gasteiger partial charge is 0.348 e. The van der Waals surface area contributed by atoms with Crippen LogP contribution in [0.1, 0.15) is 33.5 Å². The molecule has 2 heterocycles. The lowest BCUT2D eigenvalue weighted by Gasteiger charge is -2.10. The van der Waals surface area contributed by atoms with Gasteiger partial charge in [-0.1, -0.05) is 19.1 Å². The van der Waals surface area contributed by atoms with Gasteiger partial charge in [0.05, 0.1) is 12.8 Å². The highest BCUT2D eigenvalue weighted by Crippen LogP contribution is 2.33. The lowest BCUT2D eigenvalue weighted by atomic mass is 10.0. The average Bonchev–Trinajstić information content (AvgIpc) is 2.82. The van der Waals surface area contributed by atoms with Gasteiger partial charge in [-0.3, -0.25) is 0 Å². The molecule has 6 heteroatoms. The molecule has 20 heavy (non-hydrogen) atoms. The Labute approximate surface area is 126 Å². The van der Waals surface area contributed by atoms with Gasteiger partial charge >= 0.3 is 5.97 Å². The Bertz CT molecular complexity index is 716. The summed E-state index contributed by atoms with van der Waals surface area (Å²) in [6.07, 6.45) is 0.758. The molecule has 2 aromatic heterocycles. The van der Waals surface area contributed by atoms with E-state index in [2.05, 4.69) is 9.97 Å². The van der Waals surface area contributed by atoms with Crippen molar-refractivity contribution in [1.29, 1.82) is 0 Å². The molecule has 4 nitrogen and oxygen atoms in total. The summed E-state index contributed by atoms with van der Waals surface area (Å²) in [5.41, 5.74) is 3.63. The molecule has 0 saturated heterocycles. The highest BCUT2D eigenvalue weighted by molar-refractivity contribution is 7.71. The van der Waals surface area contributed by atoms with Crippen LogP contribution in [0.5, 0.6) is 0 Å². The number of aromatic amines is 1. The minimum atomic E-state index is -0.327. The monoisotopic (exact) mass is 308 g/mol. The van der Waals surface area contributed by atoms with Crippen molar-refractivity contribution in [1.82, 2.24) is 9.97 Å². The van der Waals surface area contributed by atoms with E-state index in [9.17, 15) is 4.79 Å². The van der Waals surface area contributed by atoms with Crippen molar-refractivity contribution < 1.29 is 9.53 Å². The predicted molar refractivity (Wildman–Crippen MR) is 82.9 cm³/mol. The summed E-state index contributed by atoms with van der Waals surface area (Å²) in [4.78, 5) is 20.1. The maximum atomic E-state index is 11.9. The summed E-state index contributed by atoms with van der Waals surface area (Å²) < 4.78 is 5.42. The van der Waals surface area contributed by atoms with E-state index < -0.39 is 0 Å². The Morgan fingerprint density at radius 3 is 2.80 bits per heavy atom. The Morgan fingerprint density at radius 2 is 2.20 bits per heavy atom. The van der Waals surface area contributed by atoms with Gasteiger partial charge in [0, 0.05) is 17.5 Å². The van der Waals surface area contributed by atoms with Gasteiger partial charge in [0.1, 0.15) is 15.3 Å². The first kappa shape index (κ1) is 14.9. The minimum Gasteiger partial charge on any atom is -0.465 e. The number of aromatic nitrogens is 2. The first-order valence-corrected chi connectivity index (χ1v) is 7.54. The van der Waals surface area contributed by atoms with E-state index in [1.54, 1.807) is 0 Å². The molecule has 0 unspecified atom stereocenters. The van der Waals surface area contributed by atoms with E-state index in [-0.39, 0.29) is 5.97 Å². The third-order valence-electron chi connectivity index (χ3n) is 3.13. The molecule has 2 rings (SSSR count). The normalized spacial score (nSPS) is 10.6. The molecular weight excluding hydrogens is 292 g/mol. The van der Waals surface area contributed by atoms with Crippen LogP contribution in [0.4, 0.5) is 0 Å². The van der Waals surface area contributed by atoms with Gasteiger partial charge in [-0.2, -0.15) is 0 Å². The fourth-order valence-electron chi connectivity index (χ4n) is 1.99. The molecule has 0 aromatic carbocycles. The fourth-order valence-corrected chi connectivity index (χ4v) is 3.18. The molecule has 0 aliphatic rings. The maximum absolute atomic E-state index is 11.9. The molecule has 1 N–H and O–H groups in total. The molecule has 2 aromatic rings. The number of nitrogens with one attached hydrogen (secondary N) is 1. The van der Waals surface area contributed by atoms with Crippen molar-refractivity contribution in [2.24, 2.45) is 0 Å². The van der Waals surface area contributed by atoms with E-state index >= 15 is 0 Å². The van der Waals surface area contributed by atoms with Crippen LogP contribution in [0.25, 0.3) is 11.3 Å². The van der Waals surface area contributed by atoms with E-state index in [1.165, 1.54) is 18.4 Å². The van der Waals surface area contributed by atoms with Crippen molar-refractivity contribution in [2.75, 3.05) is 7.11 Å². The first-order chi connectivity index (χ1) is 9.49. The number of hydrogen-bond donors (Lipinski definition) is 1. The topological polar surface area (TPSA) is 55.0 Å². The van der Waals surface area contributed by atoms with Crippen LogP contribution in [0.2, 0.25) is 0 Å². The second-order valence-electron chi connectivity index (χ2n) is 4.46. The predicted octanol–water partition coefficient (Wildman–Crippen LogP) is 3.83. The van der Waals surface area contributed by atoms with Gasteiger partial charge in [0.15, 0.2) is 0 Å². The largest absolute Gasteiger partial charge is 0.465 e. The van der Waals surface area contributed by atoms with Crippen molar-refractivity contribution >= 4 is 29.5 Å². The third-order valence-corrected chi connectivity index (χ3v) is 4.61. The molecule has 0 amide bonds. The number of methoxy groups -OCH3 is 1.